The Balaban J connectivity index is 0.000000186. The first-order valence-corrected chi connectivity index (χ1v) is 21.2. The number of carbonyl (C=O) groups excluding carboxylic acids is 2. The van der Waals surface area contributed by atoms with Crippen LogP contribution in [0.4, 0.5) is 27.2 Å². The summed E-state index contributed by atoms with van der Waals surface area (Å²) in [5.74, 6) is 1.41. The summed E-state index contributed by atoms with van der Waals surface area (Å²) in [4.78, 5) is 38.2. The van der Waals surface area contributed by atoms with E-state index in [1.54, 1.807) is 87.7 Å². The van der Waals surface area contributed by atoms with Crippen molar-refractivity contribution in [2.75, 3.05) is 13.1 Å². The Morgan fingerprint density at radius 2 is 0.984 bits per heavy atom. The molecule has 2 atom stereocenters. The van der Waals surface area contributed by atoms with Gasteiger partial charge in [-0.15, -0.1) is 0 Å². The topological polar surface area (TPSA) is 113 Å². The fraction of sp³-hybridized carbons (Fsp3) is 0.364. The first-order valence-electron chi connectivity index (χ1n) is 19.6. The molecule has 12 nitrogen and oxygen atoms in total. The molecular formula is C44H44Br2F4N6O6. The van der Waals surface area contributed by atoms with Crippen molar-refractivity contribution in [2.45, 2.75) is 91.1 Å². The summed E-state index contributed by atoms with van der Waals surface area (Å²) >= 11 is 6.97. The van der Waals surface area contributed by atoms with Crippen LogP contribution in [0.3, 0.4) is 0 Å². The average molecular weight is 989 g/mol. The lowest BCUT2D eigenvalue weighted by atomic mass is 10.0. The van der Waals surface area contributed by atoms with Crippen LogP contribution in [-0.4, -0.2) is 78.6 Å². The summed E-state index contributed by atoms with van der Waals surface area (Å²) in [6.45, 7) is 5.80. The number of benzene rings is 4. The second kappa shape index (κ2) is 17.8. The van der Waals surface area contributed by atoms with Crippen molar-refractivity contribution in [2.24, 2.45) is 0 Å². The molecule has 0 saturated heterocycles. The molecule has 6 aromatic rings. The normalized spacial score (nSPS) is 16.5. The van der Waals surface area contributed by atoms with E-state index in [0.717, 1.165) is 31.0 Å². The largest absolute Gasteiger partial charge is 0.444 e. The van der Waals surface area contributed by atoms with Crippen LogP contribution in [0.2, 0.25) is 0 Å². The molecule has 0 spiro atoms. The number of hydrogen-bond donors (Lipinski definition) is 0. The highest BCUT2D eigenvalue weighted by Gasteiger charge is 2.37. The van der Waals surface area contributed by atoms with Gasteiger partial charge >= 0.3 is 25.4 Å². The molecule has 0 unspecified atom stereocenters. The van der Waals surface area contributed by atoms with Crippen LogP contribution in [0.25, 0.3) is 22.1 Å². The molecule has 0 fully saturated rings. The third-order valence-corrected chi connectivity index (χ3v) is 10.8. The smallest absolute Gasteiger partial charge is 0.410 e. The van der Waals surface area contributed by atoms with Gasteiger partial charge in [0.05, 0.1) is 47.2 Å². The summed E-state index contributed by atoms with van der Waals surface area (Å²) in [6.07, 6.45) is -0.964. The minimum Gasteiger partial charge on any atom is -0.444 e. The van der Waals surface area contributed by atoms with Crippen molar-refractivity contribution in [1.29, 1.82) is 0 Å². The minimum atomic E-state index is -2.96. The molecule has 2 aliphatic rings. The summed E-state index contributed by atoms with van der Waals surface area (Å²) in [7, 11) is 0. The lowest BCUT2D eigenvalue weighted by Gasteiger charge is -2.36. The molecule has 0 radical (unpaired) electrons. The quantitative estimate of drug-likeness (QED) is 0.152. The van der Waals surface area contributed by atoms with E-state index in [9.17, 15) is 27.2 Å². The molecule has 0 aliphatic carbocycles. The molecule has 4 aromatic carbocycles. The number of fused-ring (bicyclic) bond motifs is 6. The van der Waals surface area contributed by atoms with E-state index in [0.29, 0.717) is 22.8 Å². The van der Waals surface area contributed by atoms with E-state index in [2.05, 4.69) is 31.9 Å². The number of rotatable bonds is 6. The number of aromatic nitrogens is 4. The van der Waals surface area contributed by atoms with Gasteiger partial charge in [-0.2, -0.15) is 17.6 Å². The molecular weight excluding hydrogens is 944 g/mol. The molecule has 8 rings (SSSR count). The Morgan fingerprint density at radius 3 is 1.34 bits per heavy atom. The van der Waals surface area contributed by atoms with Crippen molar-refractivity contribution in [3.05, 3.63) is 117 Å². The third-order valence-electron chi connectivity index (χ3n) is 9.82. The van der Waals surface area contributed by atoms with Crippen LogP contribution in [-0.2, 0) is 22.6 Å². The maximum Gasteiger partial charge on any atom is 0.410 e. The second-order valence-electron chi connectivity index (χ2n) is 16.6. The molecule has 0 N–H and O–H groups in total. The zero-order chi connectivity index (χ0) is 44.7. The van der Waals surface area contributed by atoms with Crippen LogP contribution in [0.15, 0.2) is 93.9 Å². The highest BCUT2D eigenvalue weighted by molar-refractivity contribution is 9.10. The van der Waals surface area contributed by atoms with Gasteiger partial charge in [-0.1, -0.05) is 68.3 Å². The highest BCUT2D eigenvalue weighted by atomic mass is 79.9. The predicted molar refractivity (Wildman–Crippen MR) is 231 cm³/mol. The molecule has 0 bridgehead atoms. The maximum atomic E-state index is 13.1. The van der Waals surface area contributed by atoms with Gasteiger partial charge in [-0.25, -0.2) is 19.6 Å². The number of ether oxygens (including phenoxy) is 4. The zero-order valence-corrected chi connectivity index (χ0v) is 37.8. The standard InChI is InChI=1S/2C22H22BrF2N3O3/c2*1-22(2,3)31-21(29)27-11-17(14-6-4-5-7-18(14)30-20(24)25)28-16-10-13(23)8-9-15(16)26-19(28)12-27/h2*4-10,17,20H,11-12H2,1-3H3/t2*17-/m10/s1. The van der Waals surface area contributed by atoms with E-state index in [1.165, 1.54) is 12.1 Å². The summed E-state index contributed by atoms with van der Waals surface area (Å²) < 4.78 is 78.7. The van der Waals surface area contributed by atoms with E-state index >= 15 is 0 Å². The molecule has 328 valence electrons. The van der Waals surface area contributed by atoms with Gasteiger partial charge in [0.15, 0.2) is 0 Å². The van der Waals surface area contributed by atoms with Crippen LogP contribution in [0.5, 0.6) is 11.5 Å². The van der Waals surface area contributed by atoms with Gasteiger partial charge in [0.2, 0.25) is 0 Å². The van der Waals surface area contributed by atoms with Crippen molar-refractivity contribution >= 4 is 66.1 Å². The van der Waals surface area contributed by atoms with Crippen molar-refractivity contribution in [1.82, 2.24) is 28.9 Å². The number of halogens is 6. The molecule has 4 heterocycles. The van der Waals surface area contributed by atoms with Crippen molar-refractivity contribution < 1.29 is 46.1 Å². The second-order valence-corrected chi connectivity index (χ2v) is 18.5. The van der Waals surface area contributed by atoms with E-state index < -0.39 is 48.7 Å². The van der Waals surface area contributed by atoms with Gasteiger partial charge < -0.3 is 28.1 Å². The lowest BCUT2D eigenvalue weighted by Crippen LogP contribution is -2.44. The van der Waals surface area contributed by atoms with Crippen LogP contribution < -0.4 is 9.47 Å². The number of amides is 2. The Morgan fingerprint density at radius 1 is 0.613 bits per heavy atom. The first kappa shape index (κ1) is 44.7. The van der Waals surface area contributed by atoms with Crippen LogP contribution in [0.1, 0.15) is 76.4 Å². The lowest BCUT2D eigenvalue weighted by molar-refractivity contribution is -0.0515. The number of alkyl halides is 4. The predicted octanol–water partition coefficient (Wildman–Crippen LogP) is 11.5. The van der Waals surface area contributed by atoms with Crippen LogP contribution in [0, 0.1) is 0 Å². The van der Waals surface area contributed by atoms with Crippen molar-refractivity contribution in [3.8, 4) is 11.5 Å². The SMILES string of the molecule is CC(C)(C)OC(=O)N1Cc2nc3ccc(Br)cc3n2[C@@H](c2ccccc2OC(F)F)C1.CC(C)(C)OC(=O)N1Cc2nc3ccc(Br)cc3n2[C@H](c2ccccc2OC(F)F)C1. The molecule has 2 aliphatic heterocycles. The van der Waals surface area contributed by atoms with Gasteiger partial charge in [0.25, 0.3) is 0 Å². The van der Waals surface area contributed by atoms with Gasteiger partial charge in [-0.3, -0.25) is 9.80 Å². The molecule has 18 heteroatoms. The number of imidazole rings is 2. The third kappa shape index (κ3) is 10.1. The Kier molecular flexibility index (Phi) is 12.8. The fourth-order valence-electron chi connectivity index (χ4n) is 7.53. The minimum absolute atomic E-state index is 0.0661. The molecule has 62 heavy (non-hydrogen) atoms. The highest BCUT2D eigenvalue weighted by Crippen LogP contribution is 2.39. The monoisotopic (exact) mass is 986 g/mol. The van der Waals surface area contributed by atoms with Crippen molar-refractivity contribution in [3.63, 3.8) is 0 Å². The number of para-hydroxylation sites is 2. The molecule has 2 aromatic heterocycles. The Hall–Kier alpha value is -5.36. The van der Waals surface area contributed by atoms with E-state index in [1.807, 2.05) is 45.5 Å². The van der Waals surface area contributed by atoms with E-state index in [4.69, 9.17) is 28.9 Å². The summed E-state index contributed by atoms with van der Waals surface area (Å²) in [5.41, 5.74) is 2.93. The number of carbonyl (C=O) groups is 2. The number of hydrogen-bond acceptors (Lipinski definition) is 8. The summed E-state index contributed by atoms with van der Waals surface area (Å²) in [6, 6.07) is 23.7. The maximum absolute atomic E-state index is 13.1. The number of nitrogens with zero attached hydrogens (tertiary/aromatic N) is 6. The van der Waals surface area contributed by atoms with E-state index in [-0.39, 0.29) is 37.7 Å². The zero-order valence-electron chi connectivity index (χ0n) is 34.6. The van der Waals surface area contributed by atoms with Gasteiger partial charge in [0, 0.05) is 33.2 Å². The van der Waals surface area contributed by atoms with Gasteiger partial charge in [-0.05, 0) is 90.1 Å². The summed E-state index contributed by atoms with van der Waals surface area (Å²) in [5, 5.41) is 0. The first-order chi connectivity index (χ1) is 29.2. The molecule has 0 saturated carbocycles. The average Bonchev–Trinajstić information content (AvgIpc) is 3.73. The Bertz CT molecular complexity index is 2430. The van der Waals surface area contributed by atoms with Gasteiger partial charge in [0.1, 0.15) is 34.3 Å². The fourth-order valence-corrected chi connectivity index (χ4v) is 8.22. The Labute approximate surface area is 372 Å². The molecule has 2 amide bonds. The van der Waals surface area contributed by atoms with Crippen LogP contribution >= 0.6 is 31.9 Å².